The first-order chi connectivity index (χ1) is 13.3. The second kappa shape index (κ2) is 9.68. The van der Waals surface area contributed by atoms with E-state index in [2.05, 4.69) is 23.7 Å². The molecule has 1 aromatic carbocycles. The minimum Gasteiger partial charge on any atom is -0.492 e. The van der Waals surface area contributed by atoms with Gasteiger partial charge in [-0.25, -0.2) is 0 Å². The maximum Gasteiger partial charge on any atom is 0.154 e. The van der Waals surface area contributed by atoms with Gasteiger partial charge in [0.2, 0.25) is 0 Å². The van der Waals surface area contributed by atoms with E-state index in [4.69, 9.17) is 16.3 Å². The van der Waals surface area contributed by atoms with E-state index < -0.39 is 5.54 Å². The van der Waals surface area contributed by atoms with Crippen molar-refractivity contribution in [3.63, 3.8) is 0 Å². The third-order valence-corrected chi connectivity index (χ3v) is 5.36. The molecule has 0 saturated heterocycles. The monoisotopic (exact) mass is 400 g/mol. The lowest BCUT2D eigenvalue weighted by Gasteiger charge is -2.38. The van der Waals surface area contributed by atoms with Crippen molar-refractivity contribution in [1.82, 2.24) is 10.2 Å². The van der Waals surface area contributed by atoms with E-state index in [0.717, 1.165) is 29.8 Å². The van der Waals surface area contributed by atoms with Crippen LogP contribution in [0.2, 0.25) is 5.02 Å². The minimum absolute atomic E-state index is 0.0999. The molecule has 0 saturated carbocycles. The van der Waals surface area contributed by atoms with Gasteiger partial charge in [0, 0.05) is 13.1 Å². The Bertz CT molecular complexity index is 833. The van der Waals surface area contributed by atoms with Crippen LogP contribution in [0.1, 0.15) is 39.7 Å². The van der Waals surface area contributed by atoms with Crippen LogP contribution in [0.25, 0.3) is 5.57 Å². The Hall–Kier alpha value is -2.42. The molecule has 1 aliphatic heterocycles. The van der Waals surface area contributed by atoms with Crippen LogP contribution in [0, 0.1) is 0 Å². The third-order valence-electron chi connectivity index (χ3n) is 5.07. The van der Waals surface area contributed by atoms with E-state index in [1.807, 2.05) is 56.1 Å². The summed E-state index contributed by atoms with van der Waals surface area (Å²) in [4.78, 5) is 14.0. The second-order valence-electron chi connectivity index (χ2n) is 7.28. The Labute approximate surface area is 173 Å². The molecule has 1 aliphatic rings. The molecule has 150 valence electrons. The number of carbonyl (C=O) groups excluding carboxylic acids is 1. The van der Waals surface area contributed by atoms with Gasteiger partial charge < -0.3 is 15.0 Å². The fraction of sp³-hybridized carbons (Fsp3) is 0.391. The number of hydrogen-bond acceptors (Lipinski definition) is 4. The van der Waals surface area contributed by atoms with Gasteiger partial charge in [-0.05, 0) is 69.7 Å². The molecule has 0 amide bonds. The maximum atomic E-state index is 12.0. The highest BCUT2D eigenvalue weighted by Gasteiger charge is 2.31. The summed E-state index contributed by atoms with van der Waals surface area (Å²) in [5.74, 6) is 0.764. The molecule has 2 rings (SSSR count). The van der Waals surface area contributed by atoms with Gasteiger partial charge in [0.05, 0.1) is 22.9 Å². The predicted octanol–water partition coefficient (Wildman–Crippen LogP) is 4.97. The molecule has 28 heavy (non-hydrogen) atoms. The number of carbonyl (C=O) groups is 1. The predicted molar refractivity (Wildman–Crippen MR) is 116 cm³/mol. The average Bonchev–Trinajstić information content (AvgIpc) is 2.68. The Morgan fingerprint density at radius 2 is 2.14 bits per heavy atom. The highest BCUT2D eigenvalue weighted by Crippen LogP contribution is 2.29. The summed E-state index contributed by atoms with van der Waals surface area (Å²) < 4.78 is 5.88. The SMILES string of the molecule is C=C=C(C)N(CCCOc1ccc(C2=CCNC=C2)cc1Cl)C(C)(C)C(C)=O. The molecule has 5 heteroatoms. The Morgan fingerprint density at radius 1 is 1.39 bits per heavy atom. The zero-order chi connectivity index (χ0) is 20.7. The number of halogens is 1. The number of nitrogens with one attached hydrogen (secondary N) is 1. The quantitative estimate of drug-likeness (QED) is 0.469. The lowest BCUT2D eigenvalue weighted by atomic mass is 9.96. The number of nitrogens with zero attached hydrogens (tertiary/aromatic N) is 1. The Morgan fingerprint density at radius 3 is 2.71 bits per heavy atom. The van der Waals surface area contributed by atoms with E-state index in [9.17, 15) is 4.79 Å². The zero-order valence-electron chi connectivity index (χ0n) is 17.1. The Balaban J connectivity index is 1.97. The summed E-state index contributed by atoms with van der Waals surface area (Å²) in [5, 5.41) is 3.72. The van der Waals surface area contributed by atoms with Crippen molar-refractivity contribution in [2.24, 2.45) is 0 Å². The number of rotatable bonds is 9. The van der Waals surface area contributed by atoms with Crippen LogP contribution in [-0.2, 0) is 4.79 Å². The molecule has 0 unspecified atom stereocenters. The number of benzene rings is 1. The lowest BCUT2D eigenvalue weighted by molar-refractivity contribution is -0.126. The van der Waals surface area contributed by atoms with Crippen LogP contribution < -0.4 is 10.1 Å². The second-order valence-corrected chi connectivity index (χ2v) is 7.68. The molecule has 0 radical (unpaired) electrons. The van der Waals surface area contributed by atoms with Gasteiger partial charge in [0.25, 0.3) is 0 Å². The van der Waals surface area contributed by atoms with Gasteiger partial charge in [-0.1, -0.05) is 30.3 Å². The standard InChI is InChI=1S/C23H29ClN2O2/c1-6-17(2)26(23(4,5)18(3)27)14-7-15-28-22-9-8-20(16-21(22)24)19-10-12-25-13-11-19/h8-12,16,25H,1,7,13-15H2,2-5H3. The first kappa shape index (κ1) is 21.9. The van der Waals surface area contributed by atoms with E-state index >= 15 is 0 Å². The molecule has 0 aliphatic carbocycles. The molecule has 0 fully saturated rings. The van der Waals surface area contributed by atoms with Gasteiger partial charge in [-0.3, -0.25) is 4.79 Å². The number of ketones is 1. The smallest absolute Gasteiger partial charge is 0.154 e. The van der Waals surface area contributed by atoms with Crippen molar-refractivity contribution < 1.29 is 9.53 Å². The van der Waals surface area contributed by atoms with Crippen molar-refractivity contribution in [2.75, 3.05) is 19.7 Å². The van der Waals surface area contributed by atoms with Gasteiger partial charge >= 0.3 is 0 Å². The van der Waals surface area contributed by atoms with Gasteiger partial charge in [-0.2, -0.15) is 0 Å². The highest BCUT2D eigenvalue weighted by atomic mass is 35.5. The molecule has 1 aromatic rings. The normalized spacial score (nSPS) is 13.2. The first-order valence-corrected chi connectivity index (χ1v) is 9.83. The summed E-state index contributed by atoms with van der Waals surface area (Å²) in [6.07, 6.45) is 6.82. The van der Waals surface area contributed by atoms with Crippen LogP contribution in [0.15, 0.2) is 54.6 Å². The highest BCUT2D eigenvalue weighted by molar-refractivity contribution is 6.32. The summed E-state index contributed by atoms with van der Waals surface area (Å²) in [6, 6.07) is 5.84. The molecule has 0 bridgehead atoms. The van der Waals surface area contributed by atoms with E-state index in [1.54, 1.807) is 6.92 Å². The van der Waals surface area contributed by atoms with Crippen molar-refractivity contribution in [3.05, 3.63) is 65.1 Å². The molecule has 0 aromatic heterocycles. The molecule has 0 atom stereocenters. The lowest BCUT2D eigenvalue weighted by Crippen LogP contribution is -2.48. The van der Waals surface area contributed by atoms with Crippen LogP contribution in [0.3, 0.4) is 0 Å². The fourth-order valence-corrected chi connectivity index (χ4v) is 3.26. The molecule has 4 nitrogen and oxygen atoms in total. The largest absolute Gasteiger partial charge is 0.492 e. The fourth-order valence-electron chi connectivity index (χ4n) is 3.02. The number of hydrogen-bond donors (Lipinski definition) is 1. The van der Waals surface area contributed by atoms with Crippen molar-refractivity contribution in [3.8, 4) is 5.75 Å². The number of allylic oxidation sites excluding steroid dienone is 3. The van der Waals surface area contributed by atoms with Gasteiger partial charge in [-0.15, -0.1) is 5.73 Å². The Kier molecular flexibility index (Phi) is 7.56. The van der Waals surface area contributed by atoms with E-state index in [-0.39, 0.29) is 5.78 Å². The summed E-state index contributed by atoms with van der Waals surface area (Å²) in [6.45, 7) is 13.0. The minimum atomic E-state index is -0.607. The van der Waals surface area contributed by atoms with Crippen LogP contribution in [0.4, 0.5) is 0 Å². The topological polar surface area (TPSA) is 41.6 Å². The van der Waals surface area contributed by atoms with Crippen molar-refractivity contribution >= 4 is 23.0 Å². The summed E-state index contributed by atoms with van der Waals surface area (Å²) in [5.41, 5.74) is 5.35. The summed E-state index contributed by atoms with van der Waals surface area (Å²) >= 11 is 6.41. The van der Waals surface area contributed by atoms with Crippen molar-refractivity contribution in [1.29, 1.82) is 0 Å². The van der Waals surface area contributed by atoms with Crippen molar-refractivity contribution in [2.45, 2.75) is 39.7 Å². The average molecular weight is 401 g/mol. The van der Waals surface area contributed by atoms with Gasteiger partial charge in [0.15, 0.2) is 5.78 Å². The number of ether oxygens (including phenoxy) is 1. The van der Waals surface area contributed by atoms with Crippen LogP contribution in [0.5, 0.6) is 5.75 Å². The third kappa shape index (κ3) is 5.31. The van der Waals surface area contributed by atoms with E-state index in [0.29, 0.717) is 23.9 Å². The van der Waals surface area contributed by atoms with Crippen LogP contribution in [-0.4, -0.2) is 35.9 Å². The van der Waals surface area contributed by atoms with Gasteiger partial charge in [0.1, 0.15) is 5.75 Å². The number of dihydropyridines is 1. The molecular formula is C23H29ClN2O2. The molecule has 1 N–H and O–H groups in total. The molecule has 0 spiro atoms. The first-order valence-electron chi connectivity index (χ1n) is 9.45. The summed E-state index contributed by atoms with van der Waals surface area (Å²) in [7, 11) is 0. The zero-order valence-corrected chi connectivity index (χ0v) is 17.9. The van der Waals surface area contributed by atoms with E-state index in [1.165, 1.54) is 0 Å². The molecule has 1 heterocycles. The molecular weight excluding hydrogens is 372 g/mol. The number of Topliss-reactive ketones (excluding diaryl/α,β-unsaturated/α-hetero) is 1. The maximum absolute atomic E-state index is 12.0. The van der Waals surface area contributed by atoms with Crippen LogP contribution >= 0.6 is 11.6 Å².